The van der Waals surface area contributed by atoms with Crippen LogP contribution in [0, 0.1) is 0 Å². The second-order valence-electron chi connectivity index (χ2n) is 10.6. The van der Waals surface area contributed by atoms with E-state index in [0.29, 0.717) is 16.7 Å². The van der Waals surface area contributed by atoms with E-state index in [9.17, 15) is 9.90 Å². The summed E-state index contributed by atoms with van der Waals surface area (Å²) in [5.74, 6) is 1.66. The van der Waals surface area contributed by atoms with Crippen molar-refractivity contribution in [1.82, 2.24) is 19.7 Å². The summed E-state index contributed by atoms with van der Waals surface area (Å²) in [5, 5.41) is 19.4. The number of rotatable bonds is 6. The van der Waals surface area contributed by atoms with Gasteiger partial charge in [-0.2, -0.15) is 0 Å². The van der Waals surface area contributed by atoms with E-state index in [4.69, 9.17) is 21.1 Å². The third kappa shape index (κ3) is 5.58. The van der Waals surface area contributed by atoms with Crippen LogP contribution in [0.2, 0.25) is 18.7 Å². The molecule has 0 radical (unpaired) electrons. The number of ether oxygens (including phenoxy) is 2. The number of aromatic nitrogens is 3. The Bertz CT molecular complexity index is 1310. The highest BCUT2D eigenvalue weighted by Gasteiger charge is 2.38. The Morgan fingerprint density at radius 2 is 2.00 bits per heavy atom. The molecule has 2 aromatic rings. The van der Waals surface area contributed by atoms with Gasteiger partial charge in [0, 0.05) is 29.2 Å². The SMILES string of the molecule is COC1=C(C2OC(CC(=O)N3CCCCC3)c3nnc(CO)n3-c3ccc(Cl)cc32)/C=C/CC/C=C\1B(C)C. The summed E-state index contributed by atoms with van der Waals surface area (Å²) in [6.07, 6.45) is 10.2. The van der Waals surface area contributed by atoms with Crippen molar-refractivity contribution < 1.29 is 19.4 Å². The van der Waals surface area contributed by atoms with E-state index < -0.39 is 12.2 Å². The monoisotopic (exact) mass is 550 g/mol. The number of amides is 1. The van der Waals surface area contributed by atoms with Crippen LogP contribution in [0.25, 0.3) is 5.69 Å². The van der Waals surface area contributed by atoms with Crippen LogP contribution in [0.3, 0.4) is 0 Å². The van der Waals surface area contributed by atoms with Gasteiger partial charge >= 0.3 is 0 Å². The molecule has 206 valence electrons. The maximum absolute atomic E-state index is 13.5. The van der Waals surface area contributed by atoms with Gasteiger partial charge in [-0.25, -0.2) is 0 Å². The van der Waals surface area contributed by atoms with Crippen molar-refractivity contribution in [3.8, 4) is 5.69 Å². The van der Waals surface area contributed by atoms with Gasteiger partial charge in [0.05, 0.1) is 19.2 Å². The van der Waals surface area contributed by atoms with Gasteiger partial charge in [-0.05, 0) is 55.8 Å². The second-order valence-corrected chi connectivity index (χ2v) is 11.0. The van der Waals surface area contributed by atoms with Crippen LogP contribution in [0.5, 0.6) is 0 Å². The van der Waals surface area contributed by atoms with E-state index in [1.165, 1.54) is 0 Å². The molecule has 1 amide bonds. The molecule has 0 spiro atoms. The van der Waals surface area contributed by atoms with Crippen molar-refractivity contribution in [3.63, 3.8) is 0 Å². The Balaban J connectivity index is 1.69. The number of allylic oxidation sites excluding steroid dienone is 3. The molecule has 39 heavy (non-hydrogen) atoms. The van der Waals surface area contributed by atoms with Crippen molar-refractivity contribution in [2.45, 2.75) is 71.0 Å². The smallest absolute Gasteiger partial charge is 0.225 e. The number of benzene rings is 1. The lowest BCUT2D eigenvalue weighted by Crippen LogP contribution is -2.36. The number of hydrogen-bond donors (Lipinski definition) is 1. The number of aliphatic hydroxyl groups excluding tert-OH is 1. The van der Waals surface area contributed by atoms with Crippen molar-refractivity contribution in [3.05, 3.63) is 75.5 Å². The fraction of sp³-hybridized carbons (Fsp3) is 0.483. The van der Waals surface area contributed by atoms with E-state index in [-0.39, 0.29) is 25.6 Å². The number of fused-ring (bicyclic) bond motifs is 3. The molecular weight excluding hydrogens is 515 g/mol. The Hall–Kier alpha value is -2.88. The minimum absolute atomic E-state index is 0.0273. The van der Waals surface area contributed by atoms with E-state index in [2.05, 4.69) is 42.1 Å². The maximum Gasteiger partial charge on any atom is 0.225 e. The first-order valence-corrected chi connectivity index (χ1v) is 14.2. The van der Waals surface area contributed by atoms with Crippen LogP contribution in [-0.4, -0.2) is 57.6 Å². The number of carbonyl (C=O) groups is 1. The summed E-state index contributed by atoms with van der Waals surface area (Å²) in [6.45, 7) is 5.75. The molecule has 1 aromatic carbocycles. The molecule has 2 unspecified atom stereocenters. The predicted octanol–water partition coefficient (Wildman–Crippen LogP) is 5.40. The molecule has 2 aliphatic heterocycles. The first kappa shape index (κ1) is 27.7. The third-order valence-electron chi connectivity index (χ3n) is 7.69. The normalized spacial score (nSPS) is 25.4. The average Bonchev–Trinajstić information content (AvgIpc) is 3.30. The first-order chi connectivity index (χ1) is 18.9. The van der Waals surface area contributed by atoms with Gasteiger partial charge < -0.3 is 19.5 Å². The molecule has 1 N–H and O–H groups in total. The molecule has 3 heterocycles. The standard InChI is InChI=1S/C29H36BClN4O4/c1-30(2)22-11-7-4-6-10-20(28(22)38-3)27-21-16-19(31)12-13-23(21)35-25(18-36)32-33-29(35)24(39-27)17-26(37)34-14-8-5-9-15-34/h6,10-13,16,24,27,36H,4-5,7-9,14-15,17-18H2,1-3H3/b10-6+,22-11+,28-20-. The zero-order valence-electron chi connectivity index (χ0n) is 22.9. The molecule has 10 heteroatoms. The van der Waals surface area contributed by atoms with E-state index >= 15 is 0 Å². The minimum Gasteiger partial charge on any atom is -0.497 e. The highest BCUT2D eigenvalue weighted by atomic mass is 35.5. The molecule has 1 aromatic heterocycles. The number of halogens is 1. The highest BCUT2D eigenvalue weighted by Crippen LogP contribution is 2.44. The number of carbonyl (C=O) groups excluding carboxylic acids is 1. The van der Waals surface area contributed by atoms with Gasteiger partial charge in [0.25, 0.3) is 0 Å². The molecule has 1 saturated heterocycles. The molecule has 5 rings (SSSR count). The van der Waals surface area contributed by atoms with Gasteiger partial charge in [-0.1, -0.05) is 43.5 Å². The van der Waals surface area contributed by atoms with E-state index in [1.807, 2.05) is 21.6 Å². The molecular formula is C29H36BClN4O4. The van der Waals surface area contributed by atoms with E-state index in [0.717, 1.165) is 73.2 Å². The van der Waals surface area contributed by atoms with E-state index in [1.54, 1.807) is 13.2 Å². The van der Waals surface area contributed by atoms with Gasteiger partial charge in [-0.3, -0.25) is 9.36 Å². The van der Waals surface area contributed by atoms with Crippen molar-refractivity contribution in [2.24, 2.45) is 0 Å². The highest BCUT2D eigenvalue weighted by molar-refractivity contribution is 6.65. The second kappa shape index (κ2) is 12.1. The molecule has 8 nitrogen and oxygen atoms in total. The number of hydrogen-bond acceptors (Lipinski definition) is 6. The topological polar surface area (TPSA) is 89.7 Å². The van der Waals surface area contributed by atoms with Gasteiger partial charge in [0.1, 0.15) is 24.6 Å². The summed E-state index contributed by atoms with van der Waals surface area (Å²) in [4.78, 5) is 15.4. The summed E-state index contributed by atoms with van der Waals surface area (Å²) in [7, 11) is 1.69. The van der Waals surface area contributed by atoms with Gasteiger partial charge in [0.2, 0.25) is 5.91 Å². The lowest BCUT2D eigenvalue weighted by Gasteiger charge is -2.30. The molecule has 1 aliphatic carbocycles. The molecule has 0 bridgehead atoms. The maximum atomic E-state index is 13.5. The first-order valence-electron chi connectivity index (χ1n) is 13.9. The zero-order chi connectivity index (χ0) is 27.5. The Labute approximate surface area is 235 Å². The Kier molecular flexibility index (Phi) is 8.59. The lowest BCUT2D eigenvalue weighted by molar-refractivity contribution is -0.136. The Morgan fingerprint density at radius 1 is 1.21 bits per heavy atom. The van der Waals surface area contributed by atoms with Crippen LogP contribution >= 0.6 is 11.6 Å². The summed E-state index contributed by atoms with van der Waals surface area (Å²) < 4.78 is 14.8. The summed E-state index contributed by atoms with van der Waals surface area (Å²) >= 11 is 6.56. The fourth-order valence-corrected chi connectivity index (χ4v) is 5.95. The third-order valence-corrected chi connectivity index (χ3v) is 7.93. The number of likely N-dealkylation sites (tertiary alicyclic amines) is 1. The van der Waals surface area contributed by atoms with Crippen LogP contribution in [0.15, 0.2) is 53.2 Å². The molecule has 3 aliphatic rings. The summed E-state index contributed by atoms with van der Waals surface area (Å²) in [5.41, 5.74) is 3.53. The zero-order valence-corrected chi connectivity index (χ0v) is 23.7. The van der Waals surface area contributed by atoms with Crippen LogP contribution in [0.1, 0.15) is 67.9 Å². The van der Waals surface area contributed by atoms with Crippen molar-refractivity contribution in [2.75, 3.05) is 20.2 Å². The summed E-state index contributed by atoms with van der Waals surface area (Å²) in [6, 6.07) is 5.58. The molecule has 2 atom stereocenters. The lowest BCUT2D eigenvalue weighted by atomic mass is 9.47. The number of aliphatic hydroxyl groups is 1. The van der Waals surface area contributed by atoms with Crippen molar-refractivity contribution in [1.29, 1.82) is 0 Å². The molecule has 1 fully saturated rings. The van der Waals surface area contributed by atoms with Crippen molar-refractivity contribution >= 4 is 24.2 Å². The Morgan fingerprint density at radius 3 is 2.72 bits per heavy atom. The number of nitrogens with zero attached hydrogens (tertiary/aromatic N) is 4. The molecule has 0 saturated carbocycles. The van der Waals surface area contributed by atoms with Crippen LogP contribution < -0.4 is 0 Å². The van der Waals surface area contributed by atoms with Gasteiger partial charge in [-0.15, -0.1) is 10.2 Å². The van der Waals surface area contributed by atoms with Crippen LogP contribution in [0.4, 0.5) is 0 Å². The van der Waals surface area contributed by atoms with Gasteiger partial charge in [0.15, 0.2) is 18.4 Å². The number of methoxy groups -OCH3 is 1. The number of piperidine rings is 1. The fourth-order valence-electron chi connectivity index (χ4n) is 5.77. The predicted molar refractivity (Wildman–Crippen MR) is 152 cm³/mol. The quantitative estimate of drug-likeness (QED) is 0.485. The van der Waals surface area contributed by atoms with Crippen LogP contribution in [-0.2, 0) is 20.9 Å². The largest absolute Gasteiger partial charge is 0.497 e. The average molecular weight is 551 g/mol. The minimum atomic E-state index is -0.695.